The summed E-state index contributed by atoms with van der Waals surface area (Å²) in [4.78, 5) is 22.6. The summed E-state index contributed by atoms with van der Waals surface area (Å²) in [5.41, 5.74) is 1.26. The Morgan fingerprint density at radius 3 is 2.53 bits per heavy atom. The van der Waals surface area contributed by atoms with Crippen molar-refractivity contribution in [2.24, 2.45) is 0 Å². The van der Waals surface area contributed by atoms with Crippen molar-refractivity contribution in [3.8, 4) is 11.6 Å². The van der Waals surface area contributed by atoms with Crippen molar-refractivity contribution >= 4 is 26.8 Å². The Kier molecular flexibility index (Phi) is 6.38. The van der Waals surface area contributed by atoms with Gasteiger partial charge < -0.3 is 9.47 Å². The van der Waals surface area contributed by atoms with Crippen molar-refractivity contribution in [3.05, 3.63) is 36.8 Å². The number of rotatable bonds is 7. The summed E-state index contributed by atoms with van der Waals surface area (Å²) in [5.74, 6) is 0.249. The summed E-state index contributed by atoms with van der Waals surface area (Å²) < 4.78 is 36.2. The number of ether oxygens (including phenoxy) is 2. The third-order valence-corrected chi connectivity index (χ3v) is 6.44. The molecule has 1 fully saturated rings. The molecular formula is C21H25N5O5S. The van der Waals surface area contributed by atoms with Crippen LogP contribution < -0.4 is 4.74 Å². The lowest BCUT2D eigenvalue weighted by atomic mass is 10.1. The van der Waals surface area contributed by atoms with E-state index in [2.05, 4.69) is 20.0 Å². The largest absolute Gasteiger partial charge is 0.474 e. The molecule has 0 bridgehead atoms. The van der Waals surface area contributed by atoms with E-state index < -0.39 is 9.84 Å². The van der Waals surface area contributed by atoms with Crippen LogP contribution in [-0.4, -0.2) is 77.6 Å². The van der Waals surface area contributed by atoms with E-state index in [9.17, 15) is 13.2 Å². The zero-order valence-corrected chi connectivity index (χ0v) is 18.8. The molecule has 0 aliphatic carbocycles. The number of likely N-dealkylation sites (tertiary alicyclic amines) is 1. The molecular weight excluding hydrogens is 434 g/mol. The molecule has 1 saturated heterocycles. The summed E-state index contributed by atoms with van der Waals surface area (Å²) in [5, 5.41) is 5.07. The molecule has 32 heavy (non-hydrogen) atoms. The van der Waals surface area contributed by atoms with Crippen LogP contribution in [0.15, 0.2) is 41.7 Å². The number of nitrogens with zero attached hydrogens (tertiary/aromatic N) is 5. The van der Waals surface area contributed by atoms with E-state index in [1.165, 1.54) is 12.6 Å². The second-order valence-electron chi connectivity index (χ2n) is 7.64. The van der Waals surface area contributed by atoms with Crippen LogP contribution in [0.4, 0.5) is 0 Å². The number of hydrogen-bond acceptors (Lipinski definition) is 9. The van der Waals surface area contributed by atoms with Crippen molar-refractivity contribution in [2.45, 2.75) is 30.8 Å². The Morgan fingerprint density at radius 2 is 1.88 bits per heavy atom. The van der Waals surface area contributed by atoms with Gasteiger partial charge in [0.05, 0.1) is 29.9 Å². The van der Waals surface area contributed by atoms with Gasteiger partial charge in [0.1, 0.15) is 17.8 Å². The first-order valence-electron chi connectivity index (χ1n) is 10.4. The molecule has 0 atom stereocenters. The van der Waals surface area contributed by atoms with Gasteiger partial charge in [0.2, 0.25) is 5.88 Å². The number of aromatic nitrogens is 4. The Bertz CT molecular complexity index is 1200. The number of esters is 1. The Labute approximate surface area is 186 Å². The molecule has 0 amide bonds. The molecule has 3 heterocycles. The van der Waals surface area contributed by atoms with Crippen molar-refractivity contribution in [2.75, 3.05) is 32.5 Å². The Morgan fingerprint density at radius 1 is 1.16 bits per heavy atom. The minimum absolute atomic E-state index is 0.0241. The maximum absolute atomic E-state index is 11.7. The number of carbonyl (C=O) groups excluding carboxylic acids is 1. The van der Waals surface area contributed by atoms with Crippen LogP contribution >= 0.6 is 0 Å². The average molecular weight is 460 g/mol. The average Bonchev–Trinajstić information content (AvgIpc) is 3.20. The third-order valence-electron chi connectivity index (χ3n) is 5.31. The van der Waals surface area contributed by atoms with E-state index >= 15 is 0 Å². The van der Waals surface area contributed by atoms with E-state index in [4.69, 9.17) is 9.47 Å². The Hall–Kier alpha value is -3.05. The van der Waals surface area contributed by atoms with Crippen molar-refractivity contribution in [1.82, 2.24) is 24.6 Å². The molecule has 1 aromatic carbocycles. The van der Waals surface area contributed by atoms with Gasteiger partial charge in [0.25, 0.3) is 0 Å². The number of carbonyl (C=O) groups is 1. The maximum Gasteiger partial charge on any atom is 0.320 e. The molecule has 10 nitrogen and oxygen atoms in total. The number of benzene rings is 1. The highest BCUT2D eigenvalue weighted by Crippen LogP contribution is 2.26. The van der Waals surface area contributed by atoms with Gasteiger partial charge in [-0.2, -0.15) is 5.10 Å². The number of piperidine rings is 1. The molecule has 3 aromatic rings. The van der Waals surface area contributed by atoms with Crippen molar-refractivity contribution in [1.29, 1.82) is 0 Å². The highest BCUT2D eigenvalue weighted by molar-refractivity contribution is 7.90. The first kappa shape index (κ1) is 22.2. The fourth-order valence-electron chi connectivity index (χ4n) is 3.67. The summed E-state index contributed by atoms with van der Waals surface area (Å²) in [6, 6.07) is 6.46. The predicted octanol–water partition coefficient (Wildman–Crippen LogP) is 1.63. The molecule has 170 valence electrons. The topological polar surface area (TPSA) is 117 Å². The van der Waals surface area contributed by atoms with Gasteiger partial charge in [-0.25, -0.2) is 23.1 Å². The third kappa shape index (κ3) is 4.89. The maximum atomic E-state index is 11.7. The van der Waals surface area contributed by atoms with Crippen LogP contribution in [0.2, 0.25) is 0 Å². The van der Waals surface area contributed by atoms with Crippen molar-refractivity contribution < 1.29 is 22.7 Å². The van der Waals surface area contributed by atoms with E-state index in [0.717, 1.165) is 25.9 Å². The summed E-state index contributed by atoms with van der Waals surface area (Å²) in [6.45, 7) is 3.96. The van der Waals surface area contributed by atoms with Crippen LogP contribution in [0.3, 0.4) is 0 Å². The molecule has 4 rings (SSSR count). The molecule has 0 saturated carbocycles. The molecule has 0 radical (unpaired) electrons. The molecule has 11 heteroatoms. The molecule has 1 aliphatic heterocycles. The van der Waals surface area contributed by atoms with Gasteiger partial charge in [-0.05, 0) is 44.0 Å². The van der Waals surface area contributed by atoms with Gasteiger partial charge in [0, 0.05) is 19.3 Å². The monoisotopic (exact) mass is 459 g/mol. The lowest BCUT2D eigenvalue weighted by molar-refractivity contribution is -0.144. The van der Waals surface area contributed by atoms with Crippen LogP contribution in [0.5, 0.6) is 5.88 Å². The quantitative estimate of drug-likeness (QED) is 0.486. The lowest BCUT2D eigenvalue weighted by Crippen LogP contribution is -2.41. The fourth-order valence-corrected chi connectivity index (χ4v) is 4.30. The molecule has 1 aliphatic rings. The summed E-state index contributed by atoms with van der Waals surface area (Å²) in [6.07, 6.45) is 5.76. The second-order valence-corrected chi connectivity index (χ2v) is 9.65. The summed E-state index contributed by atoms with van der Waals surface area (Å²) in [7, 11) is -3.27. The molecule has 0 spiro atoms. The van der Waals surface area contributed by atoms with Gasteiger partial charge in [0.15, 0.2) is 15.5 Å². The van der Waals surface area contributed by atoms with Crippen LogP contribution in [0.1, 0.15) is 19.8 Å². The van der Waals surface area contributed by atoms with Gasteiger partial charge in [-0.15, -0.1) is 0 Å². The second kappa shape index (κ2) is 9.21. The Balaban J connectivity index is 1.47. The molecule has 0 unspecified atom stereocenters. The first-order valence-corrected chi connectivity index (χ1v) is 12.3. The SMILES string of the molecule is CCOC(=O)CN1CCC(Oc2ncnc3c2cnn3-c2ccc(S(C)(=O)=O)cc2)CC1. The highest BCUT2D eigenvalue weighted by Gasteiger charge is 2.24. The lowest BCUT2D eigenvalue weighted by Gasteiger charge is -2.31. The van der Waals surface area contributed by atoms with Crippen LogP contribution in [0, 0.1) is 0 Å². The summed E-state index contributed by atoms with van der Waals surface area (Å²) >= 11 is 0. The smallest absolute Gasteiger partial charge is 0.320 e. The zero-order valence-electron chi connectivity index (χ0n) is 18.0. The number of fused-ring (bicyclic) bond motifs is 1. The van der Waals surface area contributed by atoms with Crippen LogP contribution in [0.25, 0.3) is 16.7 Å². The van der Waals surface area contributed by atoms with E-state index in [0.29, 0.717) is 35.8 Å². The van der Waals surface area contributed by atoms with Gasteiger partial charge >= 0.3 is 5.97 Å². The van der Waals surface area contributed by atoms with Crippen molar-refractivity contribution in [3.63, 3.8) is 0 Å². The first-order chi connectivity index (χ1) is 15.3. The van der Waals surface area contributed by atoms with Crippen LogP contribution in [-0.2, 0) is 19.4 Å². The highest BCUT2D eigenvalue weighted by atomic mass is 32.2. The predicted molar refractivity (Wildman–Crippen MR) is 116 cm³/mol. The minimum atomic E-state index is -3.27. The fraction of sp³-hybridized carbons (Fsp3) is 0.429. The van der Waals surface area contributed by atoms with Gasteiger partial charge in [-0.3, -0.25) is 9.69 Å². The van der Waals surface area contributed by atoms with E-state index in [-0.39, 0.29) is 17.0 Å². The number of sulfone groups is 1. The standard InChI is InChI=1S/C21H25N5O5S/c1-3-30-19(27)13-25-10-8-16(9-11-25)31-21-18-12-24-26(20(18)22-14-23-21)15-4-6-17(7-5-15)32(2,28)29/h4-7,12,14,16H,3,8-11,13H2,1-2H3. The minimum Gasteiger partial charge on any atom is -0.474 e. The molecule has 0 N–H and O–H groups in total. The van der Waals surface area contributed by atoms with E-state index in [1.54, 1.807) is 42.1 Å². The van der Waals surface area contributed by atoms with E-state index in [1.807, 2.05) is 0 Å². The van der Waals surface area contributed by atoms with Gasteiger partial charge in [-0.1, -0.05) is 0 Å². The molecule has 2 aromatic heterocycles. The zero-order chi connectivity index (χ0) is 22.7. The normalized spacial score (nSPS) is 15.7. The number of hydrogen-bond donors (Lipinski definition) is 0.